The van der Waals surface area contributed by atoms with E-state index in [1.165, 1.54) is 16.5 Å². The fourth-order valence-corrected chi connectivity index (χ4v) is 3.44. The summed E-state index contributed by atoms with van der Waals surface area (Å²) >= 11 is 1.65. The Balaban J connectivity index is 1.57. The molecule has 0 aliphatic carbocycles. The number of carbonyl (C=O) groups is 1. The minimum Gasteiger partial charge on any atom is -0.457 e. The second kappa shape index (κ2) is 5.94. The van der Waals surface area contributed by atoms with E-state index in [-0.39, 0.29) is 5.76 Å². The van der Waals surface area contributed by atoms with E-state index >= 15 is 0 Å². The Labute approximate surface area is 142 Å². The van der Waals surface area contributed by atoms with Gasteiger partial charge in [-0.05, 0) is 61.0 Å². The van der Waals surface area contributed by atoms with Crippen LogP contribution >= 0.6 is 11.3 Å². The Morgan fingerprint density at radius 1 is 1.12 bits per heavy atom. The van der Waals surface area contributed by atoms with Gasteiger partial charge in [-0.15, -0.1) is 11.3 Å². The summed E-state index contributed by atoms with van der Waals surface area (Å²) in [6, 6.07) is 16.8. The number of furan rings is 1. The number of thiazole rings is 1. The van der Waals surface area contributed by atoms with Crippen LogP contribution in [0.3, 0.4) is 0 Å². The highest BCUT2D eigenvalue weighted by atomic mass is 32.1. The third-order valence-corrected chi connectivity index (χ3v) is 4.65. The molecule has 2 aromatic heterocycles. The zero-order valence-electron chi connectivity index (χ0n) is 12.9. The molecule has 0 aliphatic rings. The normalized spacial score (nSPS) is 10.9. The summed E-state index contributed by atoms with van der Waals surface area (Å²) in [5.41, 5.74) is 3.21. The molecule has 0 aliphatic heterocycles. The number of aromatic nitrogens is 1. The van der Waals surface area contributed by atoms with Gasteiger partial charge in [0, 0.05) is 5.56 Å². The highest BCUT2D eigenvalue weighted by molar-refractivity contribution is 7.21. The van der Waals surface area contributed by atoms with E-state index < -0.39 is 5.97 Å². The van der Waals surface area contributed by atoms with E-state index in [1.807, 2.05) is 18.2 Å². The van der Waals surface area contributed by atoms with Crippen LogP contribution in [0.2, 0.25) is 0 Å². The number of fused-ring (bicyclic) bond motifs is 1. The lowest BCUT2D eigenvalue weighted by molar-refractivity contribution is 0.0701. The molecule has 2 heterocycles. The van der Waals surface area contributed by atoms with E-state index in [1.54, 1.807) is 35.6 Å². The van der Waals surface area contributed by atoms with Gasteiger partial charge in [-0.2, -0.15) is 0 Å². The highest BCUT2D eigenvalue weighted by Gasteiger charge is 2.12. The van der Waals surface area contributed by atoms with Gasteiger partial charge in [0.05, 0.1) is 16.5 Å². The van der Waals surface area contributed by atoms with Crippen molar-refractivity contribution in [2.45, 2.75) is 6.92 Å². The molecular formula is C19H13NO3S. The van der Waals surface area contributed by atoms with Gasteiger partial charge >= 0.3 is 5.97 Å². The molecule has 0 bridgehead atoms. The zero-order valence-corrected chi connectivity index (χ0v) is 13.7. The number of hydrogen-bond donors (Lipinski definition) is 0. The summed E-state index contributed by atoms with van der Waals surface area (Å²) in [6.45, 7) is 2.07. The maximum absolute atomic E-state index is 11.9. The van der Waals surface area contributed by atoms with Gasteiger partial charge in [0.15, 0.2) is 0 Å². The minimum absolute atomic E-state index is 0.181. The molecule has 4 nitrogen and oxygen atoms in total. The molecule has 2 aromatic carbocycles. The van der Waals surface area contributed by atoms with Gasteiger partial charge in [-0.3, -0.25) is 0 Å². The Kier molecular flexibility index (Phi) is 3.63. The summed E-state index contributed by atoms with van der Waals surface area (Å²) in [5.74, 6) is 0.140. The van der Waals surface area contributed by atoms with Gasteiger partial charge in [-0.25, -0.2) is 9.78 Å². The first-order valence-electron chi connectivity index (χ1n) is 7.42. The predicted molar refractivity (Wildman–Crippen MR) is 93.5 cm³/mol. The van der Waals surface area contributed by atoms with Gasteiger partial charge in [-0.1, -0.05) is 6.07 Å². The molecule has 0 saturated heterocycles. The van der Waals surface area contributed by atoms with Crippen LogP contribution in [0, 0.1) is 6.92 Å². The Bertz CT molecular complexity index is 1000. The van der Waals surface area contributed by atoms with Crippen molar-refractivity contribution in [1.29, 1.82) is 0 Å². The number of rotatable bonds is 3. The van der Waals surface area contributed by atoms with Crippen molar-refractivity contribution in [2.24, 2.45) is 0 Å². The molecule has 0 saturated carbocycles. The number of ether oxygens (including phenoxy) is 1. The first-order chi connectivity index (χ1) is 11.7. The van der Waals surface area contributed by atoms with E-state index in [9.17, 15) is 4.79 Å². The molecule has 4 aromatic rings. The molecule has 0 atom stereocenters. The first-order valence-corrected chi connectivity index (χ1v) is 8.24. The SMILES string of the molecule is Cc1ccc2nc(-c3ccc(OC(=O)c4ccco4)cc3)sc2c1. The quantitative estimate of drug-likeness (QED) is 0.387. The molecular weight excluding hydrogens is 322 g/mol. The smallest absolute Gasteiger partial charge is 0.379 e. The van der Waals surface area contributed by atoms with E-state index in [4.69, 9.17) is 9.15 Å². The van der Waals surface area contributed by atoms with Crippen LogP contribution < -0.4 is 4.74 Å². The maximum atomic E-state index is 11.9. The number of benzene rings is 2. The number of esters is 1. The summed E-state index contributed by atoms with van der Waals surface area (Å²) in [4.78, 5) is 16.5. The van der Waals surface area contributed by atoms with Crippen molar-refractivity contribution in [3.05, 3.63) is 72.2 Å². The predicted octanol–water partition coefficient (Wildman–Crippen LogP) is 5.08. The van der Waals surface area contributed by atoms with E-state index in [0.29, 0.717) is 5.75 Å². The van der Waals surface area contributed by atoms with Gasteiger partial charge in [0.1, 0.15) is 10.8 Å². The highest BCUT2D eigenvalue weighted by Crippen LogP contribution is 2.31. The van der Waals surface area contributed by atoms with Gasteiger partial charge in [0.2, 0.25) is 5.76 Å². The summed E-state index contributed by atoms with van der Waals surface area (Å²) in [7, 11) is 0. The molecule has 4 rings (SSSR count). The van der Waals surface area contributed by atoms with Crippen molar-refractivity contribution in [3.63, 3.8) is 0 Å². The summed E-state index contributed by atoms with van der Waals surface area (Å²) in [6.07, 6.45) is 1.44. The lowest BCUT2D eigenvalue weighted by Gasteiger charge is -2.03. The maximum Gasteiger partial charge on any atom is 0.379 e. The van der Waals surface area contributed by atoms with Crippen LogP contribution in [0.5, 0.6) is 5.75 Å². The molecule has 0 amide bonds. The molecule has 0 N–H and O–H groups in total. The number of carbonyl (C=O) groups excluding carboxylic acids is 1. The Morgan fingerprint density at radius 3 is 2.71 bits per heavy atom. The monoisotopic (exact) mass is 335 g/mol. The summed E-state index contributed by atoms with van der Waals surface area (Å²) in [5, 5.41) is 0.944. The average Bonchev–Trinajstić information content (AvgIpc) is 3.24. The number of aryl methyl sites for hydroxylation is 1. The molecule has 0 unspecified atom stereocenters. The number of hydrogen-bond acceptors (Lipinski definition) is 5. The lowest BCUT2D eigenvalue weighted by Crippen LogP contribution is -2.06. The minimum atomic E-state index is -0.511. The Hall–Kier alpha value is -2.92. The van der Waals surface area contributed by atoms with Crippen molar-refractivity contribution in [2.75, 3.05) is 0 Å². The molecule has 0 fully saturated rings. The average molecular weight is 335 g/mol. The van der Waals surface area contributed by atoms with E-state index in [2.05, 4.69) is 24.0 Å². The first kappa shape index (κ1) is 14.7. The molecule has 0 spiro atoms. The van der Waals surface area contributed by atoms with Crippen LogP contribution in [-0.2, 0) is 0 Å². The van der Waals surface area contributed by atoms with E-state index in [0.717, 1.165) is 16.1 Å². The molecule has 5 heteroatoms. The summed E-state index contributed by atoms with van der Waals surface area (Å²) < 4.78 is 11.5. The lowest BCUT2D eigenvalue weighted by atomic mass is 10.2. The second-order valence-corrected chi connectivity index (χ2v) is 6.41. The standard InChI is InChI=1S/C19H13NO3S/c1-12-4-9-15-17(11-12)24-18(20-15)13-5-7-14(8-6-13)23-19(21)16-3-2-10-22-16/h2-11H,1H3. The van der Waals surface area contributed by atoms with Crippen LogP contribution in [0.15, 0.2) is 65.3 Å². The topological polar surface area (TPSA) is 52.3 Å². The molecule has 0 radical (unpaired) electrons. The molecule has 24 heavy (non-hydrogen) atoms. The van der Waals surface area contributed by atoms with Gasteiger partial charge in [0.25, 0.3) is 0 Å². The Morgan fingerprint density at radius 2 is 1.96 bits per heavy atom. The fraction of sp³-hybridized carbons (Fsp3) is 0.0526. The van der Waals surface area contributed by atoms with Crippen LogP contribution in [0.4, 0.5) is 0 Å². The zero-order chi connectivity index (χ0) is 16.5. The second-order valence-electron chi connectivity index (χ2n) is 5.38. The van der Waals surface area contributed by atoms with Crippen LogP contribution in [0.1, 0.15) is 16.1 Å². The largest absolute Gasteiger partial charge is 0.457 e. The van der Waals surface area contributed by atoms with Crippen molar-refractivity contribution in [1.82, 2.24) is 4.98 Å². The molecule has 118 valence electrons. The van der Waals surface area contributed by atoms with Crippen LogP contribution in [-0.4, -0.2) is 11.0 Å². The third-order valence-electron chi connectivity index (χ3n) is 3.58. The van der Waals surface area contributed by atoms with Gasteiger partial charge < -0.3 is 9.15 Å². The van der Waals surface area contributed by atoms with Crippen LogP contribution in [0.25, 0.3) is 20.8 Å². The van der Waals surface area contributed by atoms with Crippen molar-refractivity contribution in [3.8, 4) is 16.3 Å². The third kappa shape index (κ3) is 2.81. The van der Waals surface area contributed by atoms with Crippen molar-refractivity contribution >= 4 is 27.5 Å². The number of nitrogens with zero attached hydrogens (tertiary/aromatic N) is 1. The van der Waals surface area contributed by atoms with Crippen molar-refractivity contribution < 1.29 is 13.9 Å². The fourth-order valence-electron chi connectivity index (χ4n) is 2.37.